The zero-order chi connectivity index (χ0) is 13.2. The Hall–Kier alpha value is -1.01. The molecule has 18 heavy (non-hydrogen) atoms. The smallest absolute Gasteiger partial charge is 0.411 e. The number of hydrogen-bond donors (Lipinski definition) is 1. The monoisotopic (exact) mass is 280 g/mol. The molecule has 1 saturated heterocycles. The molecule has 106 valence electrons. The van der Waals surface area contributed by atoms with E-state index in [1.807, 2.05) is 0 Å². The number of carbonyl (C=O) groups is 2. The van der Waals surface area contributed by atoms with Crippen molar-refractivity contribution < 1.29 is 19.1 Å². The van der Waals surface area contributed by atoms with E-state index in [-0.39, 0.29) is 18.4 Å². The molecule has 1 aliphatic heterocycles. The van der Waals surface area contributed by atoms with E-state index in [0.29, 0.717) is 13.0 Å². The molecule has 0 bridgehead atoms. The molecule has 2 N–H and O–H groups in total. The molecule has 1 unspecified atom stereocenters. The molecule has 0 saturated carbocycles. The largest absolute Gasteiger partial charge is 0.467 e. The quantitative estimate of drug-likeness (QED) is 0.722. The number of methoxy groups -OCH3 is 1. The van der Waals surface area contributed by atoms with E-state index in [2.05, 4.69) is 4.74 Å². The van der Waals surface area contributed by atoms with Gasteiger partial charge in [0.1, 0.15) is 11.6 Å². The topological polar surface area (TPSA) is 81.9 Å². The summed E-state index contributed by atoms with van der Waals surface area (Å²) in [6.07, 6.45) is -0.118. The average Bonchev–Trinajstić information content (AvgIpc) is 2.56. The number of amides is 1. The van der Waals surface area contributed by atoms with Gasteiger partial charge in [0.15, 0.2) is 0 Å². The van der Waals surface area contributed by atoms with E-state index in [1.165, 1.54) is 12.0 Å². The van der Waals surface area contributed by atoms with Crippen LogP contribution in [0.3, 0.4) is 0 Å². The second-order valence-electron chi connectivity index (χ2n) is 5.17. The highest BCUT2D eigenvalue weighted by molar-refractivity contribution is 5.85. The van der Waals surface area contributed by atoms with Crippen molar-refractivity contribution >= 4 is 24.5 Å². The highest BCUT2D eigenvalue weighted by atomic mass is 35.5. The van der Waals surface area contributed by atoms with Crippen LogP contribution in [0, 0.1) is 0 Å². The van der Waals surface area contributed by atoms with Crippen LogP contribution >= 0.6 is 12.4 Å². The van der Waals surface area contributed by atoms with Crippen LogP contribution in [-0.4, -0.2) is 48.3 Å². The van der Waals surface area contributed by atoms with Crippen LogP contribution in [0.2, 0.25) is 0 Å². The van der Waals surface area contributed by atoms with Gasteiger partial charge in [0.2, 0.25) is 0 Å². The van der Waals surface area contributed by atoms with Gasteiger partial charge in [-0.1, -0.05) is 0 Å². The first kappa shape index (κ1) is 17.0. The third kappa shape index (κ3) is 4.34. The molecular weight excluding hydrogens is 260 g/mol. The van der Waals surface area contributed by atoms with Gasteiger partial charge in [0.05, 0.1) is 7.11 Å². The minimum atomic E-state index is -0.634. The Balaban J connectivity index is 0.00000289. The van der Waals surface area contributed by atoms with Crippen LogP contribution in [0.4, 0.5) is 4.79 Å². The maximum atomic E-state index is 11.9. The van der Waals surface area contributed by atoms with Crippen LogP contribution in [0.25, 0.3) is 0 Å². The van der Waals surface area contributed by atoms with E-state index < -0.39 is 23.7 Å². The summed E-state index contributed by atoms with van der Waals surface area (Å²) in [7, 11) is 1.29. The number of rotatable bonds is 1. The Morgan fingerprint density at radius 1 is 1.33 bits per heavy atom. The predicted octanol–water partition coefficient (Wildman–Crippen LogP) is 0.918. The summed E-state index contributed by atoms with van der Waals surface area (Å²) in [5, 5.41) is 0. The van der Waals surface area contributed by atoms with Crippen LogP contribution in [0.15, 0.2) is 0 Å². The summed E-state index contributed by atoms with van der Waals surface area (Å²) in [6, 6.07) is -0.850. The molecule has 0 radical (unpaired) electrons. The molecule has 0 aromatic rings. The third-order valence-electron chi connectivity index (χ3n) is 2.43. The van der Waals surface area contributed by atoms with E-state index in [1.54, 1.807) is 20.8 Å². The zero-order valence-electron chi connectivity index (χ0n) is 11.1. The first-order valence-corrected chi connectivity index (χ1v) is 5.57. The normalized spacial score (nSPS) is 23.3. The Bertz CT molecular complexity index is 317. The highest BCUT2D eigenvalue weighted by Gasteiger charge is 2.40. The molecule has 6 nitrogen and oxygen atoms in total. The second kappa shape index (κ2) is 6.24. The first-order chi connectivity index (χ1) is 7.74. The molecule has 1 rings (SSSR count). The van der Waals surface area contributed by atoms with Gasteiger partial charge in [0.25, 0.3) is 0 Å². The van der Waals surface area contributed by atoms with Crippen LogP contribution in [-0.2, 0) is 14.3 Å². The summed E-state index contributed by atoms with van der Waals surface area (Å²) in [5.41, 5.74) is 5.16. The molecule has 2 atom stereocenters. The molecule has 1 heterocycles. The first-order valence-electron chi connectivity index (χ1n) is 5.57. The lowest BCUT2D eigenvalue weighted by molar-refractivity contribution is -0.145. The molecule has 0 aliphatic carbocycles. The Morgan fingerprint density at radius 3 is 2.33 bits per heavy atom. The van der Waals surface area contributed by atoms with Crippen LogP contribution in [0.1, 0.15) is 27.2 Å². The van der Waals surface area contributed by atoms with E-state index in [4.69, 9.17) is 10.5 Å². The van der Waals surface area contributed by atoms with Crippen molar-refractivity contribution in [2.45, 2.75) is 44.9 Å². The van der Waals surface area contributed by atoms with Gasteiger partial charge in [-0.15, -0.1) is 12.4 Å². The Kier molecular flexibility index (Phi) is 5.89. The number of halogens is 1. The maximum absolute atomic E-state index is 11.9. The Labute approximate surface area is 113 Å². The lowest BCUT2D eigenvalue weighted by Crippen LogP contribution is -2.44. The predicted molar refractivity (Wildman–Crippen MR) is 68.6 cm³/mol. The third-order valence-corrected chi connectivity index (χ3v) is 2.43. The number of likely N-dealkylation sites (tertiary alicyclic amines) is 1. The molecule has 0 spiro atoms. The van der Waals surface area contributed by atoms with Gasteiger partial charge in [-0.2, -0.15) is 0 Å². The summed E-state index contributed by atoms with van der Waals surface area (Å²) in [4.78, 5) is 24.7. The SMILES string of the molecule is COC(=O)[C@@H]1CC(N)CN1C(=O)OC(C)(C)C.Cl. The van der Waals surface area contributed by atoms with E-state index >= 15 is 0 Å². The van der Waals surface area contributed by atoms with Crippen molar-refractivity contribution in [3.63, 3.8) is 0 Å². The number of carbonyl (C=O) groups excluding carboxylic acids is 2. The number of ether oxygens (including phenoxy) is 2. The molecule has 0 aromatic carbocycles. The van der Waals surface area contributed by atoms with Crippen molar-refractivity contribution in [3.8, 4) is 0 Å². The minimum absolute atomic E-state index is 0. The number of hydrogen-bond acceptors (Lipinski definition) is 5. The van der Waals surface area contributed by atoms with E-state index in [9.17, 15) is 9.59 Å². The van der Waals surface area contributed by atoms with Crippen molar-refractivity contribution in [1.29, 1.82) is 0 Å². The van der Waals surface area contributed by atoms with Gasteiger partial charge in [0, 0.05) is 12.6 Å². The van der Waals surface area contributed by atoms with Gasteiger partial charge >= 0.3 is 12.1 Å². The van der Waals surface area contributed by atoms with Crippen molar-refractivity contribution in [3.05, 3.63) is 0 Å². The molecule has 1 aliphatic rings. The summed E-state index contributed by atoms with van der Waals surface area (Å²) in [5.74, 6) is -0.455. The number of nitrogens with two attached hydrogens (primary N) is 1. The fourth-order valence-electron chi connectivity index (χ4n) is 1.75. The molecule has 0 aromatic heterocycles. The standard InChI is InChI=1S/C11H20N2O4.ClH/c1-11(2,3)17-10(15)13-6-7(12)5-8(13)9(14)16-4;/h7-8H,5-6,12H2,1-4H3;1H/t7?,8-;/m0./s1. The van der Waals surface area contributed by atoms with Crippen LogP contribution < -0.4 is 5.73 Å². The number of esters is 1. The average molecular weight is 281 g/mol. The maximum Gasteiger partial charge on any atom is 0.411 e. The zero-order valence-corrected chi connectivity index (χ0v) is 12.0. The molecular formula is C11H21ClN2O4. The highest BCUT2D eigenvalue weighted by Crippen LogP contribution is 2.21. The number of nitrogens with zero attached hydrogens (tertiary/aromatic N) is 1. The second-order valence-corrected chi connectivity index (χ2v) is 5.17. The van der Waals surface area contributed by atoms with Crippen LogP contribution in [0.5, 0.6) is 0 Å². The summed E-state index contributed by atoms with van der Waals surface area (Å²) < 4.78 is 9.87. The lowest BCUT2D eigenvalue weighted by atomic mass is 10.2. The minimum Gasteiger partial charge on any atom is -0.467 e. The van der Waals surface area contributed by atoms with Gasteiger partial charge in [-0.25, -0.2) is 9.59 Å². The Morgan fingerprint density at radius 2 is 1.89 bits per heavy atom. The van der Waals surface area contributed by atoms with Crippen molar-refractivity contribution in [1.82, 2.24) is 4.90 Å². The van der Waals surface area contributed by atoms with Gasteiger partial charge in [-0.3, -0.25) is 4.90 Å². The molecule has 1 fully saturated rings. The van der Waals surface area contributed by atoms with Gasteiger partial charge < -0.3 is 15.2 Å². The van der Waals surface area contributed by atoms with E-state index in [0.717, 1.165) is 0 Å². The fourth-order valence-corrected chi connectivity index (χ4v) is 1.75. The van der Waals surface area contributed by atoms with Crippen molar-refractivity contribution in [2.75, 3.05) is 13.7 Å². The lowest BCUT2D eigenvalue weighted by Gasteiger charge is -2.27. The summed E-state index contributed by atoms with van der Waals surface area (Å²) >= 11 is 0. The summed E-state index contributed by atoms with van der Waals surface area (Å²) in [6.45, 7) is 5.63. The molecule has 7 heteroatoms. The fraction of sp³-hybridized carbons (Fsp3) is 0.818. The van der Waals surface area contributed by atoms with Gasteiger partial charge in [-0.05, 0) is 27.2 Å². The van der Waals surface area contributed by atoms with Crippen molar-refractivity contribution in [2.24, 2.45) is 5.73 Å². The molecule has 1 amide bonds.